The van der Waals surface area contributed by atoms with E-state index < -0.39 is 16.6 Å². The maximum absolute atomic E-state index is 13.9. The van der Waals surface area contributed by atoms with Gasteiger partial charge in [-0.2, -0.15) is 0 Å². The van der Waals surface area contributed by atoms with Crippen molar-refractivity contribution >= 4 is 34.8 Å². The number of nitro benzene ring substituents is 1. The van der Waals surface area contributed by atoms with Gasteiger partial charge in [-0.1, -0.05) is 23.2 Å². The Balaban J connectivity index is 2.48. The van der Waals surface area contributed by atoms with Gasteiger partial charge in [-0.25, -0.2) is 4.39 Å². The summed E-state index contributed by atoms with van der Waals surface area (Å²) in [5.74, 6) is -1.66. The Hall–Kier alpha value is -2.38. The first-order valence-electron chi connectivity index (χ1n) is 6.53. The second-order valence-electron chi connectivity index (χ2n) is 4.94. The Morgan fingerprint density at radius 3 is 2.46 bits per heavy atom. The van der Waals surface area contributed by atoms with E-state index in [2.05, 4.69) is 0 Å². The van der Waals surface area contributed by atoms with Crippen molar-refractivity contribution in [1.29, 1.82) is 0 Å². The van der Waals surface area contributed by atoms with E-state index in [0.29, 0.717) is 0 Å². The SMILES string of the molecule is CN(C)C(=O)c1cc(Oc2c(F)cc(Cl)cc2Cl)ccc1[N+](=O)[O-]. The van der Waals surface area contributed by atoms with Gasteiger partial charge in [0.1, 0.15) is 11.3 Å². The lowest BCUT2D eigenvalue weighted by Crippen LogP contribution is -2.22. The highest BCUT2D eigenvalue weighted by Gasteiger charge is 2.23. The smallest absolute Gasteiger partial charge is 0.282 e. The molecule has 0 N–H and O–H groups in total. The van der Waals surface area contributed by atoms with Crippen LogP contribution in [0.2, 0.25) is 10.0 Å². The summed E-state index contributed by atoms with van der Waals surface area (Å²) >= 11 is 11.6. The molecule has 0 aromatic heterocycles. The molecule has 0 saturated carbocycles. The second-order valence-corrected chi connectivity index (χ2v) is 5.78. The fourth-order valence-corrected chi connectivity index (χ4v) is 2.40. The van der Waals surface area contributed by atoms with Gasteiger partial charge >= 0.3 is 0 Å². The Labute approximate surface area is 146 Å². The molecule has 2 rings (SSSR count). The molecule has 9 heteroatoms. The van der Waals surface area contributed by atoms with Crippen LogP contribution in [0.1, 0.15) is 10.4 Å². The lowest BCUT2D eigenvalue weighted by Gasteiger charge is -2.13. The van der Waals surface area contributed by atoms with E-state index in [9.17, 15) is 19.3 Å². The van der Waals surface area contributed by atoms with Crippen LogP contribution in [0.25, 0.3) is 0 Å². The third kappa shape index (κ3) is 3.74. The highest BCUT2D eigenvalue weighted by molar-refractivity contribution is 6.35. The van der Waals surface area contributed by atoms with E-state index in [-0.39, 0.29) is 32.8 Å². The van der Waals surface area contributed by atoms with Crippen molar-refractivity contribution in [2.24, 2.45) is 0 Å². The van der Waals surface area contributed by atoms with Crippen LogP contribution in [0.5, 0.6) is 11.5 Å². The van der Waals surface area contributed by atoms with Gasteiger partial charge in [0.05, 0.1) is 9.95 Å². The molecule has 0 radical (unpaired) electrons. The maximum atomic E-state index is 13.9. The summed E-state index contributed by atoms with van der Waals surface area (Å²) in [7, 11) is 2.91. The molecule has 1 amide bonds. The number of carbonyl (C=O) groups excluding carboxylic acids is 1. The van der Waals surface area contributed by atoms with E-state index >= 15 is 0 Å². The van der Waals surface area contributed by atoms with E-state index in [1.165, 1.54) is 31.1 Å². The van der Waals surface area contributed by atoms with E-state index in [4.69, 9.17) is 27.9 Å². The molecular formula is C15H11Cl2FN2O4. The molecular weight excluding hydrogens is 362 g/mol. The molecule has 0 aliphatic rings. The second kappa shape index (κ2) is 7.02. The quantitative estimate of drug-likeness (QED) is 0.583. The molecule has 0 spiro atoms. The Bertz CT molecular complexity index is 804. The molecule has 126 valence electrons. The van der Waals surface area contributed by atoms with Gasteiger partial charge in [0.2, 0.25) is 0 Å². The zero-order chi connectivity index (χ0) is 18.0. The first-order chi connectivity index (χ1) is 11.2. The molecule has 6 nitrogen and oxygen atoms in total. The summed E-state index contributed by atoms with van der Waals surface area (Å²) in [6.07, 6.45) is 0. The van der Waals surface area contributed by atoms with Gasteiger partial charge in [0.25, 0.3) is 11.6 Å². The highest BCUT2D eigenvalue weighted by Crippen LogP contribution is 2.36. The average Bonchev–Trinajstić information content (AvgIpc) is 2.49. The lowest BCUT2D eigenvalue weighted by atomic mass is 10.1. The zero-order valence-corrected chi connectivity index (χ0v) is 14.1. The average molecular weight is 373 g/mol. The van der Waals surface area contributed by atoms with Crippen LogP contribution in [0.4, 0.5) is 10.1 Å². The summed E-state index contributed by atoms with van der Waals surface area (Å²) in [6.45, 7) is 0. The first kappa shape index (κ1) is 18.0. The van der Waals surface area contributed by atoms with Crippen molar-refractivity contribution in [3.05, 3.63) is 61.9 Å². The summed E-state index contributed by atoms with van der Waals surface area (Å²) in [6, 6.07) is 5.81. The number of benzene rings is 2. The fraction of sp³-hybridized carbons (Fsp3) is 0.133. The Kier molecular flexibility index (Phi) is 5.26. The molecule has 0 saturated heterocycles. The lowest BCUT2D eigenvalue weighted by molar-refractivity contribution is -0.385. The van der Waals surface area contributed by atoms with Crippen LogP contribution in [0.15, 0.2) is 30.3 Å². The monoisotopic (exact) mass is 372 g/mol. The maximum Gasteiger partial charge on any atom is 0.282 e. The van der Waals surface area contributed by atoms with Gasteiger partial charge < -0.3 is 9.64 Å². The van der Waals surface area contributed by atoms with Crippen LogP contribution < -0.4 is 4.74 Å². The first-order valence-corrected chi connectivity index (χ1v) is 7.28. The summed E-state index contributed by atoms with van der Waals surface area (Å²) < 4.78 is 19.3. The fourth-order valence-electron chi connectivity index (χ4n) is 1.89. The topological polar surface area (TPSA) is 72.7 Å². The summed E-state index contributed by atoms with van der Waals surface area (Å²) in [4.78, 5) is 23.7. The predicted molar refractivity (Wildman–Crippen MR) is 87.6 cm³/mol. The van der Waals surface area contributed by atoms with Crippen molar-refractivity contribution in [3.63, 3.8) is 0 Å². The van der Waals surface area contributed by atoms with Gasteiger partial charge in [-0.15, -0.1) is 0 Å². The van der Waals surface area contributed by atoms with Gasteiger partial charge in [-0.05, 0) is 18.2 Å². The predicted octanol–water partition coefficient (Wildman–Crippen LogP) is 4.53. The number of ether oxygens (including phenoxy) is 1. The minimum atomic E-state index is -0.800. The molecule has 0 atom stereocenters. The standard InChI is InChI=1S/C15H11Cl2FN2O4/c1-19(2)15(21)10-7-9(3-4-13(10)20(22)23)24-14-11(17)5-8(16)6-12(14)18/h3-7H,1-2H3. The largest absolute Gasteiger partial charge is 0.453 e. The van der Waals surface area contributed by atoms with Crippen LogP contribution in [-0.2, 0) is 0 Å². The van der Waals surface area contributed by atoms with Crippen LogP contribution >= 0.6 is 23.2 Å². The number of hydrogen-bond donors (Lipinski definition) is 0. The number of nitrogens with zero attached hydrogens (tertiary/aromatic N) is 2. The number of halogens is 3. The number of amides is 1. The van der Waals surface area contributed by atoms with E-state index in [1.54, 1.807) is 0 Å². The molecule has 0 aliphatic heterocycles. The summed E-state index contributed by atoms with van der Waals surface area (Å²) in [5, 5.41) is 11.1. The minimum absolute atomic E-state index is 0.0222. The number of carbonyl (C=O) groups is 1. The molecule has 2 aromatic carbocycles. The molecule has 0 aliphatic carbocycles. The number of rotatable bonds is 4. The van der Waals surface area contributed by atoms with Crippen LogP contribution in [0.3, 0.4) is 0 Å². The van der Waals surface area contributed by atoms with Crippen molar-refractivity contribution in [1.82, 2.24) is 4.90 Å². The van der Waals surface area contributed by atoms with E-state index in [0.717, 1.165) is 18.2 Å². The number of nitro groups is 1. The molecule has 2 aromatic rings. The zero-order valence-electron chi connectivity index (χ0n) is 12.5. The third-order valence-electron chi connectivity index (χ3n) is 2.98. The summed E-state index contributed by atoms with van der Waals surface area (Å²) in [5.41, 5.74) is -0.572. The highest BCUT2D eigenvalue weighted by atomic mass is 35.5. The van der Waals surface area contributed by atoms with Crippen LogP contribution in [0, 0.1) is 15.9 Å². The molecule has 0 unspecified atom stereocenters. The third-order valence-corrected chi connectivity index (χ3v) is 3.48. The van der Waals surface area contributed by atoms with Crippen molar-refractivity contribution in [3.8, 4) is 11.5 Å². The molecule has 0 fully saturated rings. The van der Waals surface area contributed by atoms with Crippen molar-refractivity contribution in [2.75, 3.05) is 14.1 Å². The van der Waals surface area contributed by atoms with Crippen LogP contribution in [-0.4, -0.2) is 29.8 Å². The Morgan fingerprint density at radius 2 is 1.92 bits per heavy atom. The van der Waals surface area contributed by atoms with Crippen molar-refractivity contribution in [2.45, 2.75) is 0 Å². The molecule has 24 heavy (non-hydrogen) atoms. The Morgan fingerprint density at radius 1 is 1.25 bits per heavy atom. The molecule has 0 heterocycles. The van der Waals surface area contributed by atoms with Gasteiger partial charge in [-0.3, -0.25) is 14.9 Å². The van der Waals surface area contributed by atoms with Crippen molar-refractivity contribution < 1.29 is 18.8 Å². The normalized spacial score (nSPS) is 10.4. The number of hydrogen-bond acceptors (Lipinski definition) is 4. The molecule has 0 bridgehead atoms. The van der Waals surface area contributed by atoms with Gasteiger partial charge in [0, 0.05) is 31.3 Å². The van der Waals surface area contributed by atoms with E-state index in [1.807, 2.05) is 0 Å². The van der Waals surface area contributed by atoms with Gasteiger partial charge in [0.15, 0.2) is 11.6 Å². The minimum Gasteiger partial charge on any atom is -0.453 e.